The van der Waals surface area contributed by atoms with Gasteiger partial charge in [-0.3, -0.25) is 9.20 Å². The summed E-state index contributed by atoms with van der Waals surface area (Å²) in [5.74, 6) is -0.127. The maximum Gasteiger partial charge on any atom is 0.274 e. The van der Waals surface area contributed by atoms with Gasteiger partial charge in [-0.1, -0.05) is 19.1 Å². The zero-order chi connectivity index (χ0) is 14.8. The molecule has 106 valence electrons. The second-order valence-corrected chi connectivity index (χ2v) is 4.69. The van der Waals surface area contributed by atoms with E-state index in [9.17, 15) is 9.90 Å². The molecule has 0 unspecified atom stereocenters. The van der Waals surface area contributed by atoms with Crippen molar-refractivity contribution in [3.05, 3.63) is 60.0 Å². The first-order valence-electron chi connectivity index (χ1n) is 6.75. The quantitative estimate of drug-likeness (QED) is 0.775. The molecule has 21 heavy (non-hydrogen) atoms. The number of nitrogens with one attached hydrogen (secondary N) is 1. The molecule has 0 saturated heterocycles. The van der Waals surface area contributed by atoms with Crippen molar-refractivity contribution in [3.8, 4) is 5.75 Å². The van der Waals surface area contributed by atoms with Crippen molar-refractivity contribution in [2.24, 2.45) is 0 Å². The number of phenolic OH excluding ortho intramolecular Hbond substituents is 1. The van der Waals surface area contributed by atoms with Gasteiger partial charge < -0.3 is 10.4 Å². The van der Waals surface area contributed by atoms with Crippen molar-refractivity contribution in [1.82, 2.24) is 9.38 Å². The molecule has 0 saturated carbocycles. The van der Waals surface area contributed by atoms with Gasteiger partial charge in [-0.25, -0.2) is 4.98 Å². The minimum atomic E-state index is -0.240. The fourth-order valence-electron chi connectivity index (χ4n) is 2.31. The van der Waals surface area contributed by atoms with Crippen LogP contribution in [0, 0.1) is 0 Å². The number of nitrogens with zero attached hydrogens (tertiary/aromatic N) is 2. The van der Waals surface area contributed by atoms with Gasteiger partial charge in [0.15, 0.2) is 0 Å². The van der Waals surface area contributed by atoms with Crippen LogP contribution in [0.3, 0.4) is 0 Å². The lowest BCUT2D eigenvalue weighted by Gasteiger charge is -2.07. The molecule has 0 aliphatic carbocycles. The predicted molar refractivity (Wildman–Crippen MR) is 80.6 cm³/mol. The van der Waals surface area contributed by atoms with E-state index in [4.69, 9.17) is 0 Å². The van der Waals surface area contributed by atoms with Gasteiger partial charge in [0, 0.05) is 18.0 Å². The van der Waals surface area contributed by atoms with Crippen molar-refractivity contribution < 1.29 is 9.90 Å². The summed E-state index contributed by atoms with van der Waals surface area (Å²) in [6, 6.07) is 12.1. The van der Waals surface area contributed by atoms with Gasteiger partial charge in [0.1, 0.15) is 17.1 Å². The lowest BCUT2D eigenvalue weighted by molar-refractivity contribution is 0.102. The highest BCUT2D eigenvalue weighted by Gasteiger charge is 2.18. The largest absolute Gasteiger partial charge is 0.508 e. The summed E-state index contributed by atoms with van der Waals surface area (Å²) in [6.07, 6.45) is 2.49. The van der Waals surface area contributed by atoms with Gasteiger partial charge >= 0.3 is 0 Å². The number of hydrogen-bond donors (Lipinski definition) is 2. The first-order chi connectivity index (χ1) is 10.2. The number of carbonyl (C=O) groups excluding carboxylic acids is 1. The number of aryl methyl sites for hydroxylation is 1. The van der Waals surface area contributed by atoms with Crippen molar-refractivity contribution >= 4 is 17.2 Å². The summed E-state index contributed by atoms with van der Waals surface area (Å²) in [5.41, 5.74) is 2.57. The Hall–Kier alpha value is -2.82. The molecular weight excluding hydrogens is 266 g/mol. The fraction of sp³-hybridized carbons (Fsp3) is 0.125. The Morgan fingerprint density at radius 1 is 1.29 bits per heavy atom. The lowest BCUT2D eigenvalue weighted by Crippen LogP contribution is -2.16. The molecule has 1 amide bonds. The Labute approximate surface area is 121 Å². The van der Waals surface area contributed by atoms with Crippen LogP contribution in [0.5, 0.6) is 5.75 Å². The van der Waals surface area contributed by atoms with E-state index in [0.717, 1.165) is 11.3 Å². The number of fused-ring (bicyclic) bond motifs is 1. The number of anilines is 1. The molecule has 3 aromatic rings. The van der Waals surface area contributed by atoms with Gasteiger partial charge in [0.2, 0.25) is 0 Å². The van der Waals surface area contributed by atoms with Crippen LogP contribution in [0.4, 0.5) is 5.69 Å². The number of carbonyl (C=O) groups is 1. The maximum absolute atomic E-state index is 12.5. The van der Waals surface area contributed by atoms with E-state index in [1.165, 1.54) is 6.07 Å². The van der Waals surface area contributed by atoms with E-state index in [1.807, 2.05) is 31.3 Å². The zero-order valence-electron chi connectivity index (χ0n) is 11.6. The number of phenols is 1. The first-order valence-corrected chi connectivity index (χ1v) is 6.75. The third-order valence-corrected chi connectivity index (χ3v) is 3.26. The standard InChI is InChI=1S/C16H15N3O2/c1-2-13-15(19-9-4-3-8-14(19)18-13)16(21)17-11-6-5-7-12(20)10-11/h3-10,20H,2H2,1H3,(H,17,21). The van der Waals surface area contributed by atoms with Crippen molar-refractivity contribution in [2.45, 2.75) is 13.3 Å². The molecule has 0 aliphatic rings. The van der Waals surface area contributed by atoms with Crippen molar-refractivity contribution in [1.29, 1.82) is 0 Å². The van der Waals surface area contributed by atoms with E-state index >= 15 is 0 Å². The molecule has 0 bridgehead atoms. The molecule has 3 rings (SSSR count). The summed E-state index contributed by atoms with van der Waals surface area (Å²) in [4.78, 5) is 17.0. The Kier molecular flexibility index (Phi) is 3.31. The molecule has 2 N–H and O–H groups in total. The topological polar surface area (TPSA) is 66.6 Å². The zero-order valence-corrected chi connectivity index (χ0v) is 11.6. The smallest absolute Gasteiger partial charge is 0.274 e. The molecule has 2 heterocycles. The van der Waals surface area contributed by atoms with Gasteiger partial charge in [-0.05, 0) is 30.7 Å². The normalized spacial score (nSPS) is 10.7. The number of amides is 1. The molecule has 0 radical (unpaired) electrons. The first kappa shape index (κ1) is 13.2. The van der Waals surface area contributed by atoms with Crippen LogP contribution in [-0.2, 0) is 6.42 Å². The highest BCUT2D eigenvalue weighted by Crippen LogP contribution is 2.18. The third-order valence-electron chi connectivity index (χ3n) is 3.26. The van der Waals surface area contributed by atoms with E-state index in [-0.39, 0.29) is 11.7 Å². The number of imidazole rings is 1. The highest BCUT2D eigenvalue weighted by molar-refractivity contribution is 6.04. The lowest BCUT2D eigenvalue weighted by atomic mass is 10.2. The third kappa shape index (κ3) is 2.45. The Morgan fingerprint density at radius 3 is 2.90 bits per heavy atom. The monoisotopic (exact) mass is 281 g/mol. The minimum absolute atomic E-state index is 0.113. The average molecular weight is 281 g/mol. The number of benzene rings is 1. The van der Waals surface area contributed by atoms with Crippen LogP contribution in [0.1, 0.15) is 23.1 Å². The van der Waals surface area contributed by atoms with Gasteiger partial charge in [0.25, 0.3) is 5.91 Å². The minimum Gasteiger partial charge on any atom is -0.508 e. The van der Waals surface area contributed by atoms with Crippen molar-refractivity contribution in [3.63, 3.8) is 0 Å². The van der Waals surface area contributed by atoms with Crippen LogP contribution >= 0.6 is 0 Å². The summed E-state index contributed by atoms with van der Waals surface area (Å²) in [6.45, 7) is 1.97. The Balaban J connectivity index is 2.01. The maximum atomic E-state index is 12.5. The Morgan fingerprint density at radius 2 is 2.14 bits per heavy atom. The van der Waals surface area contributed by atoms with E-state index in [2.05, 4.69) is 10.3 Å². The van der Waals surface area contributed by atoms with E-state index in [1.54, 1.807) is 22.6 Å². The number of aromatic nitrogens is 2. The molecule has 0 aliphatic heterocycles. The number of hydrogen-bond acceptors (Lipinski definition) is 3. The average Bonchev–Trinajstić information content (AvgIpc) is 2.85. The molecule has 0 spiro atoms. The summed E-state index contributed by atoms with van der Waals surface area (Å²) in [7, 11) is 0. The van der Waals surface area contributed by atoms with Crippen LogP contribution in [-0.4, -0.2) is 20.4 Å². The molecule has 5 nitrogen and oxygen atoms in total. The predicted octanol–water partition coefficient (Wildman–Crippen LogP) is 2.85. The SMILES string of the molecule is CCc1nc2ccccn2c1C(=O)Nc1cccc(O)c1. The second kappa shape index (κ2) is 5.28. The summed E-state index contributed by atoms with van der Waals surface area (Å²) in [5, 5.41) is 12.3. The van der Waals surface area contributed by atoms with Gasteiger partial charge in [-0.15, -0.1) is 0 Å². The highest BCUT2D eigenvalue weighted by atomic mass is 16.3. The fourth-order valence-corrected chi connectivity index (χ4v) is 2.31. The summed E-state index contributed by atoms with van der Waals surface area (Å²) < 4.78 is 1.77. The van der Waals surface area contributed by atoms with Crippen molar-refractivity contribution in [2.75, 3.05) is 5.32 Å². The van der Waals surface area contributed by atoms with Crippen LogP contribution in [0.25, 0.3) is 5.65 Å². The molecule has 1 aromatic carbocycles. The molecular formula is C16H15N3O2. The number of rotatable bonds is 3. The van der Waals surface area contributed by atoms with Crippen LogP contribution in [0.15, 0.2) is 48.7 Å². The summed E-state index contributed by atoms with van der Waals surface area (Å²) >= 11 is 0. The van der Waals surface area contributed by atoms with E-state index in [0.29, 0.717) is 17.8 Å². The van der Waals surface area contributed by atoms with Gasteiger partial charge in [-0.2, -0.15) is 0 Å². The number of aromatic hydroxyl groups is 1. The van der Waals surface area contributed by atoms with Crippen LogP contribution in [0.2, 0.25) is 0 Å². The number of pyridine rings is 1. The molecule has 2 aromatic heterocycles. The van der Waals surface area contributed by atoms with E-state index < -0.39 is 0 Å². The van der Waals surface area contributed by atoms with Gasteiger partial charge in [0.05, 0.1) is 5.69 Å². The van der Waals surface area contributed by atoms with Crippen LogP contribution < -0.4 is 5.32 Å². The second-order valence-electron chi connectivity index (χ2n) is 4.69. The molecule has 0 fully saturated rings. The molecule has 5 heteroatoms. The molecule has 0 atom stereocenters. The Bertz CT molecular complexity index is 808.